The number of aromatic nitrogens is 2. The van der Waals surface area contributed by atoms with E-state index in [0.717, 1.165) is 18.4 Å². The van der Waals surface area contributed by atoms with Gasteiger partial charge in [0.15, 0.2) is 12.2 Å². The molecule has 48 heavy (non-hydrogen) atoms. The summed E-state index contributed by atoms with van der Waals surface area (Å²) < 4.78 is 24.1. The van der Waals surface area contributed by atoms with Crippen molar-refractivity contribution in [1.29, 1.82) is 0 Å². The Morgan fingerprint density at radius 1 is 1.12 bits per heavy atom. The predicted molar refractivity (Wildman–Crippen MR) is 175 cm³/mol. The van der Waals surface area contributed by atoms with E-state index in [-0.39, 0.29) is 48.2 Å². The number of hydrazone groups is 1. The van der Waals surface area contributed by atoms with Crippen LogP contribution in [0.4, 0.5) is 10.1 Å². The molecule has 2 fully saturated rings. The first-order chi connectivity index (χ1) is 23.3. The fourth-order valence-electron chi connectivity index (χ4n) is 5.84. The number of amides is 2. The molecular weight excluding hydrogens is 619 g/mol. The second-order valence-corrected chi connectivity index (χ2v) is 11.9. The van der Waals surface area contributed by atoms with E-state index in [2.05, 4.69) is 42.7 Å². The molecule has 4 aromatic rings. The Morgan fingerprint density at radius 2 is 1.90 bits per heavy atom. The minimum atomic E-state index is -1.08. The third-order valence-corrected chi connectivity index (χ3v) is 8.57. The van der Waals surface area contributed by atoms with Crippen molar-refractivity contribution >= 4 is 40.4 Å². The number of piperidine rings is 1. The molecule has 1 saturated carbocycles. The van der Waals surface area contributed by atoms with Crippen molar-refractivity contribution in [2.45, 2.75) is 38.3 Å². The van der Waals surface area contributed by atoms with Gasteiger partial charge in [0.1, 0.15) is 17.4 Å². The van der Waals surface area contributed by atoms with Gasteiger partial charge in [-0.3, -0.25) is 19.4 Å². The number of rotatable bonds is 10. The van der Waals surface area contributed by atoms with Gasteiger partial charge in [-0.15, -0.1) is 5.11 Å². The van der Waals surface area contributed by atoms with Gasteiger partial charge in [0.2, 0.25) is 17.6 Å². The predicted octanol–water partition coefficient (Wildman–Crippen LogP) is 5.11. The summed E-state index contributed by atoms with van der Waals surface area (Å²) in [4.78, 5) is 47.5. The van der Waals surface area contributed by atoms with Gasteiger partial charge in [0, 0.05) is 43.4 Å². The topological polar surface area (TPSA) is 178 Å². The number of azo groups is 1. The van der Waals surface area contributed by atoms with E-state index in [4.69, 9.17) is 15.0 Å². The Morgan fingerprint density at radius 3 is 2.60 bits per heavy atom. The standard InChI is InChI=1S/C34H35FN8O5/c1-20(44)47-19-31(41-36)42-38-18-26(21-5-3-2-4-6-21)22-10-13-43(14-11-22)34(46)29-15-23(9-12-37-29)33-40-28-16-24(7-8-30(28)48-33)39-32(45)25-17-27(25)35/h2-9,12,15-16,22,25-27H,10-11,13-14,17-19,36H2,1H3,(H,39,45)/b41-31-,42-38?/t25-,26+,27+/m1/s1. The van der Waals surface area contributed by atoms with E-state index in [1.165, 1.54) is 6.92 Å². The highest BCUT2D eigenvalue weighted by Crippen LogP contribution is 2.36. The molecule has 248 valence electrons. The van der Waals surface area contributed by atoms with Crippen LogP contribution in [0.3, 0.4) is 0 Å². The molecule has 0 spiro atoms. The number of pyridine rings is 1. The first-order valence-corrected chi connectivity index (χ1v) is 15.7. The molecular formula is C34H35FN8O5. The highest BCUT2D eigenvalue weighted by Gasteiger charge is 2.43. The van der Waals surface area contributed by atoms with Crippen LogP contribution >= 0.6 is 0 Å². The number of nitrogens with zero attached hydrogens (tertiary/aromatic N) is 6. The number of fused-ring (bicyclic) bond motifs is 1. The summed E-state index contributed by atoms with van der Waals surface area (Å²) in [6.07, 6.45) is 2.22. The van der Waals surface area contributed by atoms with Crippen LogP contribution in [0.2, 0.25) is 0 Å². The van der Waals surface area contributed by atoms with Crippen molar-refractivity contribution in [3.8, 4) is 11.5 Å². The Labute approximate surface area is 275 Å². The van der Waals surface area contributed by atoms with Crippen LogP contribution in [0.15, 0.2) is 86.6 Å². The van der Waals surface area contributed by atoms with Crippen LogP contribution in [0, 0.1) is 11.8 Å². The molecule has 13 nitrogen and oxygen atoms in total. The van der Waals surface area contributed by atoms with Crippen LogP contribution in [0.1, 0.15) is 48.2 Å². The number of anilines is 1. The number of alkyl halides is 1. The van der Waals surface area contributed by atoms with E-state index >= 15 is 0 Å². The molecule has 1 aliphatic heterocycles. The van der Waals surface area contributed by atoms with E-state index in [9.17, 15) is 18.8 Å². The van der Waals surface area contributed by atoms with Crippen LogP contribution in [-0.2, 0) is 14.3 Å². The number of nitrogens with one attached hydrogen (secondary N) is 1. The number of hydrogen-bond donors (Lipinski definition) is 2. The molecule has 3 heterocycles. The van der Waals surface area contributed by atoms with Crippen molar-refractivity contribution in [3.05, 3.63) is 78.1 Å². The fourth-order valence-corrected chi connectivity index (χ4v) is 5.84. The fraction of sp³-hybridized carbons (Fsp3) is 0.353. The SMILES string of the molecule is CC(=O)OC/C(N=NC[C@@H](c1ccccc1)C1CCN(C(=O)c2cc(-c3nc4cc(NC(=O)[C@@H]5C[C@@H]5F)ccc4o3)ccn2)CC1)=N/N. The van der Waals surface area contributed by atoms with E-state index < -0.39 is 18.1 Å². The molecule has 3 N–H and O–H groups in total. The Bertz CT molecular complexity index is 1850. The van der Waals surface area contributed by atoms with Crippen LogP contribution in [0.5, 0.6) is 0 Å². The Balaban J connectivity index is 1.10. The second kappa shape index (κ2) is 14.5. The normalized spacial score (nSPS) is 19.0. The lowest BCUT2D eigenvalue weighted by atomic mass is 9.80. The van der Waals surface area contributed by atoms with Gasteiger partial charge in [-0.1, -0.05) is 30.3 Å². The third-order valence-electron chi connectivity index (χ3n) is 8.57. The van der Waals surface area contributed by atoms with Crippen molar-refractivity contribution in [2.24, 2.45) is 33.0 Å². The first-order valence-electron chi connectivity index (χ1n) is 15.7. The molecule has 1 aliphatic carbocycles. The van der Waals surface area contributed by atoms with E-state index in [1.807, 2.05) is 18.2 Å². The molecule has 6 rings (SSSR count). The molecule has 3 atom stereocenters. The smallest absolute Gasteiger partial charge is 0.303 e. The number of esters is 1. The minimum absolute atomic E-state index is 0.0451. The number of likely N-dealkylation sites (tertiary alicyclic amines) is 1. The van der Waals surface area contributed by atoms with Crippen molar-refractivity contribution in [1.82, 2.24) is 14.9 Å². The molecule has 2 aromatic carbocycles. The molecule has 0 unspecified atom stereocenters. The average molecular weight is 655 g/mol. The zero-order valence-corrected chi connectivity index (χ0v) is 26.3. The van der Waals surface area contributed by atoms with Gasteiger partial charge >= 0.3 is 5.97 Å². The van der Waals surface area contributed by atoms with Crippen LogP contribution in [-0.4, -0.2) is 70.9 Å². The highest BCUT2D eigenvalue weighted by molar-refractivity contribution is 5.96. The zero-order chi connectivity index (χ0) is 33.6. The summed E-state index contributed by atoms with van der Waals surface area (Å²) in [5.41, 5.74) is 3.52. The quantitative estimate of drug-likeness (QED) is 0.0592. The lowest BCUT2D eigenvalue weighted by Gasteiger charge is -2.35. The monoisotopic (exact) mass is 654 g/mol. The van der Waals surface area contributed by atoms with Gasteiger partial charge in [-0.2, -0.15) is 10.2 Å². The van der Waals surface area contributed by atoms with Gasteiger partial charge in [0.05, 0.1) is 12.5 Å². The van der Waals surface area contributed by atoms with E-state index in [0.29, 0.717) is 47.9 Å². The summed E-state index contributed by atoms with van der Waals surface area (Å²) in [7, 11) is 0. The summed E-state index contributed by atoms with van der Waals surface area (Å²) in [5, 5.41) is 14.7. The van der Waals surface area contributed by atoms with Gasteiger partial charge < -0.3 is 25.2 Å². The molecule has 1 saturated heterocycles. The second-order valence-electron chi connectivity index (χ2n) is 11.9. The molecule has 2 amide bonds. The van der Waals surface area contributed by atoms with E-state index in [1.54, 1.807) is 41.4 Å². The van der Waals surface area contributed by atoms with Crippen molar-refractivity contribution in [3.63, 3.8) is 0 Å². The maximum Gasteiger partial charge on any atom is 0.303 e. The number of hydrogen-bond acceptors (Lipinski definition) is 10. The van der Waals surface area contributed by atoms with Crippen LogP contribution in [0.25, 0.3) is 22.6 Å². The summed E-state index contributed by atoms with van der Waals surface area (Å²) in [6.45, 7) is 2.59. The zero-order valence-electron chi connectivity index (χ0n) is 26.3. The Kier molecular flexibility index (Phi) is 9.78. The number of carbonyl (C=O) groups is 3. The Hall–Kier alpha value is -5.53. The molecule has 0 bridgehead atoms. The largest absolute Gasteiger partial charge is 0.457 e. The highest BCUT2D eigenvalue weighted by atomic mass is 19.1. The van der Waals surface area contributed by atoms with Crippen LogP contribution < -0.4 is 11.2 Å². The van der Waals surface area contributed by atoms with Crippen molar-refractivity contribution < 1.29 is 27.9 Å². The number of carbonyl (C=O) groups excluding carboxylic acids is 3. The maximum atomic E-state index is 13.6. The minimum Gasteiger partial charge on any atom is -0.457 e. The summed E-state index contributed by atoms with van der Waals surface area (Å²) >= 11 is 0. The lowest BCUT2D eigenvalue weighted by Crippen LogP contribution is -2.40. The summed E-state index contributed by atoms with van der Waals surface area (Å²) in [6, 6.07) is 18.5. The average Bonchev–Trinajstić information content (AvgIpc) is 3.70. The number of benzene rings is 2. The molecule has 0 radical (unpaired) electrons. The number of halogens is 1. The molecule has 2 aromatic heterocycles. The third kappa shape index (κ3) is 7.70. The number of ether oxygens (including phenoxy) is 1. The maximum absolute atomic E-state index is 13.6. The van der Waals surface area contributed by atoms with Gasteiger partial charge in [-0.05, 0) is 61.1 Å². The van der Waals surface area contributed by atoms with Crippen molar-refractivity contribution in [2.75, 3.05) is 31.6 Å². The lowest BCUT2D eigenvalue weighted by molar-refractivity contribution is -0.139. The molecule has 14 heteroatoms. The number of amidine groups is 1. The van der Waals surface area contributed by atoms with Gasteiger partial charge in [0.25, 0.3) is 5.91 Å². The summed E-state index contributed by atoms with van der Waals surface area (Å²) in [5.74, 6) is 4.49. The number of oxazole rings is 1. The number of nitrogens with two attached hydrogens (primary N) is 1. The molecule has 2 aliphatic rings. The van der Waals surface area contributed by atoms with Gasteiger partial charge in [-0.25, -0.2) is 9.37 Å². The first kappa shape index (κ1) is 32.4.